The maximum Gasteiger partial charge on any atom is 0.303 e. The second kappa shape index (κ2) is 3.76. The van der Waals surface area contributed by atoms with Gasteiger partial charge in [0.1, 0.15) is 0 Å². The van der Waals surface area contributed by atoms with Gasteiger partial charge in [0.25, 0.3) is 0 Å². The molecule has 1 unspecified atom stereocenters. The predicted molar refractivity (Wildman–Crippen MR) is 56.0 cm³/mol. The highest BCUT2D eigenvalue weighted by Crippen LogP contribution is 2.26. The first-order chi connectivity index (χ1) is 7.18. The molecule has 2 heterocycles. The third-order valence-electron chi connectivity index (χ3n) is 2.52. The lowest BCUT2D eigenvalue weighted by Crippen LogP contribution is -2.34. The van der Waals surface area contributed by atoms with Gasteiger partial charge < -0.3 is 14.9 Å². The molecule has 80 valence electrons. The van der Waals surface area contributed by atoms with Crippen LogP contribution in [0.3, 0.4) is 0 Å². The summed E-state index contributed by atoms with van der Waals surface area (Å²) in [7, 11) is 1.93. The molecule has 2 aliphatic heterocycles. The largest absolute Gasteiger partial charge is 0.481 e. The lowest BCUT2D eigenvalue weighted by atomic mass is 10.2. The summed E-state index contributed by atoms with van der Waals surface area (Å²) in [5.74, 6) is -0.770. The fourth-order valence-electron chi connectivity index (χ4n) is 1.72. The highest BCUT2D eigenvalue weighted by molar-refractivity contribution is 5.72. The molecule has 0 fully saturated rings. The molecule has 0 aromatic heterocycles. The molecule has 0 saturated heterocycles. The number of fused-ring (bicyclic) bond motifs is 1. The zero-order valence-electron chi connectivity index (χ0n) is 8.50. The van der Waals surface area contributed by atoms with Crippen molar-refractivity contribution in [2.24, 2.45) is 4.99 Å². The van der Waals surface area contributed by atoms with Crippen molar-refractivity contribution in [2.75, 3.05) is 7.05 Å². The van der Waals surface area contributed by atoms with Gasteiger partial charge in [-0.2, -0.15) is 0 Å². The number of carbonyl (C=O) groups is 1. The quantitative estimate of drug-likeness (QED) is 0.744. The zero-order valence-corrected chi connectivity index (χ0v) is 8.50. The summed E-state index contributed by atoms with van der Waals surface area (Å²) in [5, 5.41) is 8.62. The van der Waals surface area contributed by atoms with Crippen LogP contribution in [0.4, 0.5) is 0 Å². The van der Waals surface area contributed by atoms with Crippen LogP contribution >= 0.6 is 0 Å². The monoisotopic (exact) mass is 207 g/mol. The second-order valence-corrected chi connectivity index (χ2v) is 3.56. The summed E-state index contributed by atoms with van der Waals surface area (Å²) >= 11 is 0. The summed E-state index contributed by atoms with van der Waals surface area (Å²) in [5.41, 5.74) is 1.01. The van der Waals surface area contributed by atoms with E-state index in [0.29, 0.717) is 6.42 Å². The summed E-state index contributed by atoms with van der Waals surface area (Å²) in [6, 6.07) is 0. The fourth-order valence-corrected chi connectivity index (χ4v) is 1.72. The normalized spacial score (nSPS) is 23.0. The Kier molecular flexibility index (Phi) is 2.45. The molecule has 0 aliphatic carbocycles. The smallest absolute Gasteiger partial charge is 0.303 e. The van der Waals surface area contributed by atoms with Gasteiger partial charge in [-0.25, -0.2) is 4.99 Å². The number of allylic oxidation sites excluding steroid dienone is 2. The van der Waals surface area contributed by atoms with E-state index in [-0.39, 0.29) is 12.7 Å². The Morgan fingerprint density at radius 3 is 3.13 bits per heavy atom. The average Bonchev–Trinajstić information content (AvgIpc) is 2.54. The van der Waals surface area contributed by atoms with Crippen LogP contribution in [0, 0.1) is 0 Å². The molecule has 0 spiro atoms. The van der Waals surface area contributed by atoms with Crippen LogP contribution in [0.25, 0.3) is 0 Å². The third kappa shape index (κ3) is 1.86. The topological polar surface area (TPSA) is 56.1 Å². The van der Waals surface area contributed by atoms with E-state index in [4.69, 9.17) is 5.11 Å². The van der Waals surface area contributed by atoms with Crippen molar-refractivity contribution in [3.63, 3.8) is 0 Å². The van der Waals surface area contributed by atoms with Crippen LogP contribution in [0.1, 0.15) is 12.8 Å². The Labute approximate surface area is 88.0 Å². The maximum absolute atomic E-state index is 10.5. The van der Waals surface area contributed by atoms with Gasteiger partial charge in [-0.3, -0.25) is 4.79 Å². The van der Waals surface area contributed by atoms with Crippen molar-refractivity contribution in [1.82, 2.24) is 9.80 Å². The number of carboxylic acids is 1. The van der Waals surface area contributed by atoms with Gasteiger partial charge >= 0.3 is 5.97 Å². The number of hydrogen-bond acceptors (Lipinski definition) is 4. The first kappa shape index (κ1) is 9.76. The Bertz CT molecular complexity index is 360. The predicted octanol–water partition coefficient (Wildman–Crippen LogP) is 0.822. The van der Waals surface area contributed by atoms with Gasteiger partial charge in [0.2, 0.25) is 6.29 Å². The van der Waals surface area contributed by atoms with Gasteiger partial charge in [0.15, 0.2) is 0 Å². The first-order valence-electron chi connectivity index (χ1n) is 4.81. The molecule has 0 saturated carbocycles. The van der Waals surface area contributed by atoms with Crippen molar-refractivity contribution in [3.8, 4) is 0 Å². The van der Waals surface area contributed by atoms with E-state index in [1.165, 1.54) is 0 Å². The lowest BCUT2D eigenvalue weighted by Gasteiger charge is -2.27. The van der Waals surface area contributed by atoms with Crippen molar-refractivity contribution < 1.29 is 9.90 Å². The van der Waals surface area contributed by atoms with Crippen molar-refractivity contribution in [3.05, 3.63) is 24.2 Å². The van der Waals surface area contributed by atoms with E-state index in [2.05, 4.69) is 4.99 Å². The van der Waals surface area contributed by atoms with Crippen molar-refractivity contribution in [1.29, 1.82) is 0 Å². The number of aliphatic imine (C=N–C) groups is 1. The summed E-state index contributed by atoms with van der Waals surface area (Å²) in [6.45, 7) is 0. The zero-order chi connectivity index (χ0) is 10.8. The van der Waals surface area contributed by atoms with E-state index < -0.39 is 5.97 Å². The Balaban J connectivity index is 2.04. The molecule has 15 heavy (non-hydrogen) atoms. The highest BCUT2D eigenvalue weighted by Gasteiger charge is 2.27. The number of aliphatic carboxylic acids is 1. The molecule has 0 amide bonds. The molecule has 5 heteroatoms. The molecule has 2 aliphatic rings. The summed E-state index contributed by atoms with van der Waals surface area (Å²) in [4.78, 5) is 18.7. The summed E-state index contributed by atoms with van der Waals surface area (Å²) in [6.07, 6.45) is 8.17. The third-order valence-corrected chi connectivity index (χ3v) is 2.52. The molecular weight excluding hydrogens is 194 g/mol. The van der Waals surface area contributed by atoms with E-state index in [9.17, 15) is 4.79 Å². The van der Waals surface area contributed by atoms with Crippen LogP contribution in [0.15, 0.2) is 29.2 Å². The van der Waals surface area contributed by atoms with Gasteiger partial charge in [-0.1, -0.05) is 0 Å². The maximum atomic E-state index is 10.5. The van der Waals surface area contributed by atoms with Crippen molar-refractivity contribution in [2.45, 2.75) is 19.1 Å². The van der Waals surface area contributed by atoms with E-state index in [0.717, 1.165) is 5.70 Å². The van der Waals surface area contributed by atoms with Gasteiger partial charge in [-0.15, -0.1) is 0 Å². The minimum Gasteiger partial charge on any atom is -0.481 e. The molecule has 0 radical (unpaired) electrons. The Morgan fingerprint density at radius 1 is 1.67 bits per heavy atom. The van der Waals surface area contributed by atoms with Crippen molar-refractivity contribution >= 4 is 12.2 Å². The van der Waals surface area contributed by atoms with Crippen LogP contribution < -0.4 is 0 Å². The summed E-state index contributed by atoms with van der Waals surface area (Å²) < 4.78 is 0. The SMILES string of the molecule is CN1C(CCC(=O)O)=CN2C=CC=NC21. The minimum atomic E-state index is -0.770. The standard InChI is InChI=1S/C10H13N3O2/c1-12-8(3-4-9(14)15)7-13-6-2-5-11-10(12)13/h2,5-7,10H,3-4H2,1H3,(H,14,15). The molecule has 2 rings (SSSR count). The van der Waals surface area contributed by atoms with E-state index in [1.54, 1.807) is 6.21 Å². The highest BCUT2D eigenvalue weighted by atomic mass is 16.4. The second-order valence-electron chi connectivity index (χ2n) is 3.56. The lowest BCUT2D eigenvalue weighted by molar-refractivity contribution is -0.137. The number of hydrogen-bond donors (Lipinski definition) is 1. The van der Waals surface area contributed by atoms with Crippen LogP contribution in [0.5, 0.6) is 0 Å². The fraction of sp³-hybridized carbons (Fsp3) is 0.400. The van der Waals surface area contributed by atoms with Gasteiger partial charge in [0.05, 0.1) is 6.42 Å². The molecule has 1 atom stereocenters. The number of nitrogens with zero attached hydrogens (tertiary/aromatic N) is 3. The van der Waals surface area contributed by atoms with Gasteiger partial charge in [-0.05, 0) is 12.5 Å². The van der Waals surface area contributed by atoms with Crippen LogP contribution in [0.2, 0.25) is 0 Å². The minimum absolute atomic E-state index is 0.0289. The van der Waals surface area contributed by atoms with E-state index in [1.807, 2.05) is 35.3 Å². The first-order valence-corrected chi connectivity index (χ1v) is 4.81. The molecule has 0 bridgehead atoms. The molecule has 0 aromatic carbocycles. The molecule has 0 aromatic rings. The average molecular weight is 207 g/mol. The van der Waals surface area contributed by atoms with Gasteiger partial charge in [0, 0.05) is 31.4 Å². The molecule has 1 N–H and O–H groups in total. The Morgan fingerprint density at radius 2 is 2.47 bits per heavy atom. The molecule has 5 nitrogen and oxygen atoms in total. The number of rotatable bonds is 3. The Hall–Kier alpha value is -1.78. The number of carboxylic acid groups (broad SMARTS) is 1. The molecular formula is C10H13N3O2. The van der Waals surface area contributed by atoms with Crippen LogP contribution in [-0.2, 0) is 4.79 Å². The van der Waals surface area contributed by atoms with E-state index >= 15 is 0 Å². The van der Waals surface area contributed by atoms with Crippen LogP contribution in [-0.4, -0.2) is 40.4 Å².